The molecule has 20 heavy (non-hydrogen) atoms. The summed E-state index contributed by atoms with van der Waals surface area (Å²) in [7, 11) is 1.64. The SMILES string of the molecule is CCCn1cc(-c2cc(NCC)nc(COC)n2)cn1. The summed E-state index contributed by atoms with van der Waals surface area (Å²) in [6.07, 6.45) is 4.91. The van der Waals surface area contributed by atoms with Crippen molar-refractivity contribution < 1.29 is 4.74 Å². The standard InChI is InChI=1S/C14H21N5O/c1-4-6-19-9-11(8-16-19)12-7-13(15-5-2)18-14(17-12)10-20-3/h7-9H,4-6,10H2,1-3H3,(H,15,17,18). The van der Waals surface area contributed by atoms with Crippen molar-refractivity contribution in [2.24, 2.45) is 0 Å². The summed E-state index contributed by atoms with van der Waals surface area (Å²) < 4.78 is 7.05. The van der Waals surface area contributed by atoms with Gasteiger partial charge in [0.25, 0.3) is 0 Å². The second-order valence-electron chi connectivity index (χ2n) is 4.51. The summed E-state index contributed by atoms with van der Waals surface area (Å²) in [6.45, 7) is 6.30. The minimum absolute atomic E-state index is 0.398. The third-order valence-electron chi connectivity index (χ3n) is 2.79. The molecule has 0 fully saturated rings. The summed E-state index contributed by atoms with van der Waals surface area (Å²) in [5, 5.41) is 7.55. The average molecular weight is 275 g/mol. The van der Waals surface area contributed by atoms with Gasteiger partial charge in [-0.3, -0.25) is 4.68 Å². The Labute approximate surface area is 119 Å². The third-order valence-corrected chi connectivity index (χ3v) is 2.79. The van der Waals surface area contributed by atoms with Crippen LogP contribution in [0.5, 0.6) is 0 Å². The molecule has 6 heteroatoms. The number of methoxy groups -OCH3 is 1. The number of nitrogens with zero attached hydrogens (tertiary/aromatic N) is 4. The molecule has 0 saturated carbocycles. The van der Waals surface area contributed by atoms with Gasteiger partial charge in [0.1, 0.15) is 12.4 Å². The predicted molar refractivity (Wildman–Crippen MR) is 78.4 cm³/mol. The van der Waals surface area contributed by atoms with Gasteiger partial charge in [-0.05, 0) is 13.3 Å². The van der Waals surface area contributed by atoms with Gasteiger partial charge in [-0.25, -0.2) is 9.97 Å². The van der Waals surface area contributed by atoms with Gasteiger partial charge in [0.2, 0.25) is 0 Å². The molecule has 0 bridgehead atoms. The van der Waals surface area contributed by atoms with E-state index in [1.165, 1.54) is 0 Å². The molecule has 0 unspecified atom stereocenters. The van der Waals surface area contributed by atoms with Gasteiger partial charge >= 0.3 is 0 Å². The Bertz CT molecular complexity index is 528. The van der Waals surface area contributed by atoms with Gasteiger partial charge in [0.05, 0.1) is 11.9 Å². The van der Waals surface area contributed by atoms with E-state index >= 15 is 0 Å². The van der Waals surface area contributed by atoms with Crippen molar-refractivity contribution in [3.8, 4) is 11.3 Å². The molecule has 2 rings (SSSR count). The minimum Gasteiger partial charge on any atom is -0.377 e. The Morgan fingerprint density at radius 1 is 1.30 bits per heavy atom. The Balaban J connectivity index is 2.32. The molecule has 0 aromatic carbocycles. The first-order valence-electron chi connectivity index (χ1n) is 6.90. The lowest BCUT2D eigenvalue weighted by Crippen LogP contribution is -2.05. The van der Waals surface area contributed by atoms with Crippen LogP contribution in [0.25, 0.3) is 11.3 Å². The van der Waals surface area contributed by atoms with E-state index in [0.717, 1.165) is 36.6 Å². The zero-order chi connectivity index (χ0) is 14.4. The average Bonchev–Trinajstić information content (AvgIpc) is 2.88. The van der Waals surface area contributed by atoms with E-state index in [4.69, 9.17) is 4.74 Å². The zero-order valence-corrected chi connectivity index (χ0v) is 12.3. The van der Waals surface area contributed by atoms with Crippen molar-refractivity contribution in [3.63, 3.8) is 0 Å². The third kappa shape index (κ3) is 3.54. The second-order valence-corrected chi connectivity index (χ2v) is 4.51. The number of ether oxygens (including phenoxy) is 1. The first-order chi connectivity index (χ1) is 9.76. The Kier molecular flexibility index (Phi) is 5.06. The van der Waals surface area contributed by atoms with Crippen LogP contribution in [0.4, 0.5) is 5.82 Å². The van der Waals surface area contributed by atoms with E-state index in [9.17, 15) is 0 Å². The van der Waals surface area contributed by atoms with Gasteiger partial charge in [-0.15, -0.1) is 0 Å². The Morgan fingerprint density at radius 3 is 2.85 bits per heavy atom. The molecule has 0 aliphatic heterocycles. The number of nitrogens with one attached hydrogen (secondary N) is 1. The quantitative estimate of drug-likeness (QED) is 0.840. The Hall–Kier alpha value is -1.95. The summed E-state index contributed by atoms with van der Waals surface area (Å²) in [5.74, 6) is 1.48. The maximum Gasteiger partial charge on any atom is 0.157 e. The fourth-order valence-electron chi connectivity index (χ4n) is 1.96. The van der Waals surface area contributed by atoms with Crippen LogP contribution in [-0.4, -0.2) is 33.4 Å². The van der Waals surface area contributed by atoms with Crippen LogP contribution in [-0.2, 0) is 17.9 Å². The van der Waals surface area contributed by atoms with E-state index in [0.29, 0.717) is 12.4 Å². The Morgan fingerprint density at radius 2 is 2.15 bits per heavy atom. The molecule has 2 aromatic heterocycles. The highest BCUT2D eigenvalue weighted by atomic mass is 16.5. The summed E-state index contributed by atoms with van der Waals surface area (Å²) >= 11 is 0. The van der Waals surface area contributed by atoms with Crippen molar-refractivity contribution in [3.05, 3.63) is 24.3 Å². The highest BCUT2D eigenvalue weighted by Crippen LogP contribution is 2.19. The number of anilines is 1. The molecule has 0 aliphatic carbocycles. The molecular weight excluding hydrogens is 254 g/mol. The minimum atomic E-state index is 0.398. The molecule has 2 aromatic rings. The molecule has 0 spiro atoms. The first kappa shape index (κ1) is 14.5. The van der Waals surface area contributed by atoms with E-state index in [1.54, 1.807) is 7.11 Å². The molecule has 0 amide bonds. The van der Waals surface area contributed by atoms with Gasteiger partial charge in [0.15, 0.2) is 5.82 Å². The van der Waals surface area contributed by atoms with Crippen molar-refractivity contribution in [2.75, 3.05) is 19.0 Å². The molecule has 0 aliphatic rings. The molecule has 2 heterocycles. The lowest BCUT2D eigenvalue weighted by atomic mass is 10.2. The number of aryl methyl sites for hydroxylation is 1. The van der Waals surface area contributed by atoms with Crippen LogP contribution >= 0.6 is 0 Å². The predicted octanol–water partition coefficient (Wildman–Crippen LogP) is 2.33. The van der Waals surface area contributed by atoms with E-state index < -0.39 is 0 Å². The van der Waals surface area contributed by atoms with Crippen molar-refractivity contribution in [2.45, 2.75) is 33.4 Å². The van der Waals surface area contributed by atoms with Gasteiger partial charge in [-0.2, -0.15) is 5.10 Å². The van der Waals surface area contributed by atoms with Gasteiger partial charge < -0.3 is 10.1 Å². The van der Waals surface area contributed by atoms with Crippen molar-refractivity contribution in [1.82, 2.24) is 19.7 Å². The normalized spacial score (nSPS) is 10.8. The summed E-state index contributed by atoms with van der Waals surface area (Å²) in [5.41, 5.74) is 1.86. The van der Waals surface area contributed by atoms with E-state index in [2.05, 4.69) is 27.3 Å². The van der Waals surface area contributed by atoms with Gasteiger partial charge in [0, 0.05) is 38.0 Å². The van der Waals surface area contributed by atoms with Crippen LogP contribution in [0.15, 0.2) is 18.5 Å². The molecule has 6 nitrogen and oxygen atoms in total. The van der Waals surface area contributed by atoms with Crippen molar-refractivity contribution >= 4 is 5.82 Å². The topological polar surface area (TPSA) is 64.9 Å². The lowest BCUT2D eigenvalue weighted by molar-refractivity contribution is 0.178. The number of hydrogen-bond acceptors (Lipinski definition) is 5. The van der Waals surface area contributed by atoms with Crippen LogP contribution in [0.3, 0.4) is 0 Å². The fourth-order valence-corrected chi connectivity index (χ4v) is 1.96. The highest BCUT2D eigenvalue weighted by Gasteiger charge is 2.08. The molecular formula is C14H21N5O. The molecule has 0 saturated heterocycles. The summed E-state index contributed by atoms with van der Waals surface area (Å²) in [4.78, 5) is 8.93. The second kappa shape index (κ2) is 7.00. The summed E-state index contributed by atoms with van der Waals surface area (Å²) in [6, 6.07) is 1.94. The number of aromatic nitrogens is 4. The molecule has 0 atom stereocenters. The molecule has 0 radical (unpaired) electrons. The maximum atomic E-state index is 5.12. The van der Waals surface area contributed by atoms with Crippen molar-refractivity contribution in [1.29, 1.82) is 0 Å². The van der Waals surface area contributed by atoms with Crippen LogP contribution in [0.2, 0.25) is 0 Å². The van der Waals surface area contributed by atoms with E-state index in [-0.39, 0.29) is 0 Å². The molecule has 1 N–H and O–H groups in total. The first-order valence-corrected chi connectivity index (χ1v) is 6.90. The highest BCUT2D eigenvalue weighted by molar-refractivity contribution is 5.60. The van der Waals surface area contributed by atoms with E-state index in [1.807, 2.05) is 30.1 Å². The molecule has 108 valence electrons. The number of hydrogen-bond donors (Lipinski definition) is 1. The fraction of sp³-hybridized carbons (Fsp3) is 0.500. The maximum absolute atomic E-state index is 5.12. The monoisotopic (exact) mass is 275 g/mol. The largest absolute Gasteiger partial charge is 0.377 e. The van der Waals surface area contributed by atoms with Crippen LogP contribution in [0.1, 0.15) is 26.1 Å². The smallest absolute Gasteiger partial charge is 0.157 e. The van der Waals surface area contributed by atoms with Crippen LogP contribution < -0.4 is 5.32 Å². The van der Waals surface area contributed by atoms with Crippen LogP contribution in [0, 0.1) is 0 Å². The zero-order valence-electron chi connectivity index (χ0n) is 12.3. The lowest BCUT2D eigenvalue weighted by Gasteiger charge is -2.07. The number of rotatable bonds is 7. The van der Waals surface area contributed by atoms with Gasteiger partial charge in [-0.1, -0.05) is 6.92 Å².